The van der Waals surface area contributed by atoms with E-state index in [1.807, 2.05) is 37.3 Å². The molecule has 1 aliphatic heterocycles. The molecular weight excluding hydrogens is 392 g/mol. The number of nitrogens with zero attached hydrogens (tertiary/aromatic N) is 1. The van der Waals surface area contributed by atoms with Crippen LogP contribution in [0.2, 0.25) is 0 Å². The zero-order chi connectivity index (χ0) is 22.1. The molecule has 1 aliphatic carbocycles. The van der Waals surface area contributed by atoms with Gasteiger partial charge in [0.05, 0.1) is 6.04 Å². The largest absolute Gasteiger partial charge is 0.353 e. The number of carbonyl (C=O) groups is 3. The first-order chi connectivity index (χ1) is 15.0. The van der Waals surface area contributed by atoms with Crippen molar-refractivity contribution in [2.45, 2.75) is 82.8 Å². The van der Waals surface area contributed by atoms with E-state index in [1.165, 1.54) is 12.0 Å². The van der Waals surface area contributed by atoms with Gasteiger partial charge in [-0.3, -0.25) is 19.8 Å². The molecule has 0 spiro atoms. The third-order valence-electron chi connectivity index (χ3n) is 6.48. The summed E-state index contributed by atoms with van der Waals surface area (Å²) in [4.78, 5) is 39.0. The summed E-state index contributed by atoms with van der Waals surface area (Å²) < 4.78 is 0. The maximum Gasteiger partial charge on any atom is 0.321 e. The highest BCUT2D eigenvalue weighted by Gasteiger charge is 2.28. The van der Waals surface area contributed by atoms with Gasteiger partial charge in [0.25, 0.3) is 0 Å². The summed E-state index contributed by atoms with van der Waals surface area (Å²) in [6.45, 7) is 3.28. The summed E-state index contributed by atoms with van der Waals surface area (Å²) in [6.07, 6.45) is 8.31. The normalized spacial score (nSPS) is 19.4. The van der Waals surface area contributed by atoms with Crippen LogP contribution in [-0.4, -0.2) is 54.0 Å². The Balaban J connectivity index is 1.33. The molecule has 0 aromatic heterocycles. The van der Waals surface area contributed by atoms with Gasteiger partial charge in [-0.1, -0.05) is 49.6 Å². The molecule has 4 amide bonds. The van der Waals surface area contributed by atoms with E-state index in [0.717, 1.165) is 58.0 Å². The number of aryl methyl sites for hydroxylation is 1. The van der Waals surface area contributed by atoms with Crippen molar-refractivity contribution in [1.82, 2.24) is 20.9 Å². The van der Waals surface area contributed by atoms with E-state index in [-0.39, 0.29) is 36.0 Å². The first-order valence-electron chi connectivity index (χ1n) is 11.7. The number of likely N-dealkylation sites (tertiary alicyclic amines) is 1. The van der Waals surface area contributed by atoms with E-state index < -0.39 is 0 Å². The number of rotatable bonds is 7. The van der Waals surface area contributed by atoms with E-state index in [0.29, 0.717) is 6.42 Å². The number of benzene rings is 1. The number of nitrogens with one attached hydrogen (secondary N) is 3. The first kappa shape index (κ1) is 23.3. The van der Waals surface area contributed by atoms with Crippen molar-refractivity contribution in [3.05, 3.63) is 35.9 Å². The summed E-state index contributed by atoms with van der Waals surface area (Å²) in [6, 6.07) is 9.58. The minimum Gasteiger partial charge on any atom is -0.353 e. The molecule has 7 heteroatoms. The molecule has 1 aromatic rings. The predicted octanol–water partition coefficient (Wildman–Crippen LogP) is 2.75. The molecule has 1 saturated heterocycles. The first-order valence-corrected chi connectivity index (χ1v) is 11.7. The minimum absolute atomic E-state index is 0.0764. The number of amides is 4. The maximum atomic E-state index is 12.5. The molecule has 2 fully saturated rings. The highest BCUT2D eigenvalue weighted by molar-refractivity contribution is 5.96. The van der Waals surface area contributed by atoms with Crippen LogP contribution in [-0.2, 0) is 16.0 Å². The third-order valence-corrected chi connectivity index (χ3v) is 6.48. The lowest BCUT2D eigenvalue weighted by Gasteiger charge is -2.35. The Bertz CT molecular complexity index is 726. The molecule has 1 atom stereocenters. The predicted molar refractivity (Wildman–Crippen MR) is 121 cm³/mol. The van der Waals surface area contributed by atoms with Gasteiger partial charge >= 0.3 is 6.03 Å². The van der Waals surface area contributed by atoms with E-state index in [2.05, 4.69) is 20.9 Å². The standard InChI is InChI=1S/C24H36N4O3/c1-18(23(30)27-24(31)26-20-10-6-3-7-11-20)28-16-14-21(15-17-28)25-22(29)13-12-19-8-4-2-5-9-19/h2,4-5,8-9,18,20-21H,3,6-7,10-17H2,1H3,(H,25,29)(H2,26,27,30,31). The van der Waals surface area contributed by atoms with Crippen LogP contribution in [0.5, 0.6) is 0 Å². The fraction of sp³-hybridized carbons (Fsp3) is 0.625. The average Bonchev–Trinajstić information content (AvgIpc) is 2.79. The van der Waals surface area contributed by atoms with Gasteiger partial charge < -0.3 is 10.6 Å². The van der Waals surface area contributed by atoms with Gasteiger partial charge in [-0.05, 0) is 44.6 Å². The van der Waals surface area contributed by atoms with Gasteiger partial charge in [-0.25, -0.2) is 4.79 Å². The van der Waals surface area contributed by atoms with Gasteiger partial charge in [0, 0.05) is 31.6 Å². The van der Waals surface area contributed by atoms with Crippen molar-refractivity contribution in [3.8, 4) is 0 Å². The number of urea groups is 1. The van der Waals surface area contributed by atoms with Crippen molar-refractivity contribution in [3.63, 3.8) is 0 Å². The van der Waals surface area contributed by atoms with Gasteiger partial charge in [-0.15, -0.1) is 0 Å². The number of imide groups is 1. The van der Waals surface area contributed by atoms with Gasteiger partial charge in [0.2, 0.25) is 11.8 Å². The molecule has 3 N–H and O–H groups in total. The lowest BCUT2D eigenvalue weighted by Crippen LogP contribution is -2.54. The average molecular weight is 429 g/mol. The molecular formula is C24H36N4O3. The summed E-state index contributed by atoms with van der Waals surface area (Å²) in [5.41, 5.74) is 1.17. The van der Waals surface area contributed by atoms with Gasteiger partial charge in [0.15, 0.2) is 0 Å². The van der Waals surface area contributed by atoms with Crippen LogP contribution in [0.15, 0.2) is 30.3 Å². The Labute approximate surface area is 185 Å². The number of carbonyl (C=O) groups excluding carboxylic acids is 3. The van der Waals surface area contributed by atoms with Crippen molar-refractivity contribution >= 4 is 17.8 Å². The highest BCUT2D eigenvalue weighted by atomic mass is 16.2. The Morgan fingerprint density at radius 3 is 2.26 bits per heavy atom. The minimum atomic E-state index is -0.385. The maximum absolute atomic E-state index is 12.5. The second-order valence-electron chi connectivity index (χ2n) is 8.84. The molecule has 170 valence electrons. The lowest BCUT2D eigenvalue weighted by atomic mass is 9.96. The van der Waals surface area contributed by atoms with Crippen molar-refractivity contribution in [2.24, 2.45) is 0 Å². The van der Waals surface area contributed by atoms with Crippen LogP contribution in [0.25, 0.3) is 0 Å². The fourth-order valence-electron chi connectivity index (χ4n) is 4.48. The molecule has 31 heavy (non-hydrogen) atoms. The van der Waals surface area contributed by atoms with Gasteiger partial charge in [0.1, 0.15) is 0 Å². The fourth-order valence-corrected chi connectivity index (χ4v) is 4.48. The molecule has 1 heterocycles. The Kier molecular flexibility index (Phi) is 8.88. The van der Waals surface area contributed by atoms with Crippen molar-refractivity contribution in [2.75, 3.05) is 13.1 Å². The Morgan fingerprint density at radius 2 is 1.58 bits per heavy atom. The lowest BCUT2D eigenvalue weighted by molar-refractivity contribution is -0.126. The molecule has 0 bridgehead atoms. The van der Waals surface area contributed by atoms with Crippen LogP contribution >= 0.6 is 0 Å². The smallest absolute Gasteiger partial charge is 0.321 e. The van der Waals surface area contributed by atoms with Crippen molar-refractivity contribution in [1.29, 1.82) is 0 Å². The van der Waals surface area contributed by atoms with Gasteiger partial charge in [-0.2, -0.15) is 0 Å². The van der Waals surface area contributed by atoms with Crippen LogP contribution in [0.1, 0.15) is 63.9 Å². The van der Waals surface area contributed by atoms with Crippen molar-refractivity contribution < 1.29 is 14.4 Å². The second-order valence-corrected chi connectivity index (χ2v) is 8.84. The van der Waals surface area contributed by atoms with Crippen LogP contribution in [0, 0.1) is 0 Å². The van der Waals surface area contributed by atoms with Crippen LogP contribution in [0.4, 0.5) is 4.79 Å². The summed E-state index contributed by atoms with van der Waals surface area (Å²) in [5.74, 6) is -0.189. The van der Waals surface area contributed by atoms with Crippen LogP contribution in [0.3, 0.4) is 0 Å². The molecule has 0 radical (unpaired) electrons. The Morgan fingerprint density at radius 1 is 0.935 bits per heavy atom. The zero-order valence-corrected chi connectivity index (χ0v) is 18.6. The monoisotopic (exact) mass is 428 g/mol. The molecule has 3 rings (SSSR count). The van der Waals surface area contributed by atoms with E-state index in [1.54, 1.807) is 0 Å². The summed E-state index contributed by atoms with van der Waals surface area (Å²) >= 11 is 0. The quantitative estimate of drug-likeness (QED) is 0.623. The van der Waals surface area contributed by atoms with E-state index in [4.69, 9.17) is 0 Å². The highest BCUT2D eigenvalue weighted by Crippen LogP contribution is 2.17. The molecule has 1 saturated carbocycles. The zero-order valence-electron chi connectivity index (χ0n) is 18.6. The molecule has 7 nitrogen and oxygen atoms in total. The Hall–Kier alpha value is -2.41. The second kappa shape index (κ2) is 11.8. The van der Waals surface area contributed by atoms with Crippen LogP contribution < -0.4 is 16.0 Å². The van der Waals surface area contributed by atoms with E-state index >= 15 is 0 Å². The summed E-state index contributed by atoms with van der Waals surface area (Å²) in [7, 11) is 0. The SMILES string of the molecule is CC(C(=O)NC(=O)NC1CCCCC1)N1CCC(NC(=O)CCc2ccccc2)CC1. The third kappa shape index (κ3) is 7.65. The number of hydrogen-bond acceptors (Lipinski definition) is 4. The molecule has 2 aliphatic rings. The molecule has 1 unspecified atom stereocenters. The molecule has 1 aromatic carbocycles. The topological polar surface area (TPSA) is 90.5 Å². The summed E-state index contributed by atoms with van der Waals surface area (Å²) in [5, 5.41) is 8.55. The van der Waals surface area contributed by atoms with E-state index in [9.17, 15) is 14.4 Å². The number of hydrogen-bond donors (Lipinski definition) is 3. The number of piperidine rings is 1.